The molecule has 2 rings (SSSR count). The molecule has 0 aromatic carbocycles. The third-order valence-corrected chi connectivity index (χ3v) is 1.88. The molecule has 54 valence electrons. The van der Waals surface area contributed by atoms with Crippen LogP contribution in [-0.4, -0.2) is 19.7 Å². The van der Waals surface area contributed by atoms with Crippen molar-refractivity contribution < 1.29 is 4.74 Å². The predicted octanol–water partition coefficient (Wildman–Crippen LogP) is 0.820. The standard InChI is InChI=1S/C8H11NO/c1-2-7-6-9-4-3-8(7)10-5-1/h1-2,9H,3-6H2. The fourth-order valence-corrected chi connectivity index (χ4v) is 1.34. The monoisotopic (exact) mass is 137 g/mol. The lowest BCUT2D eigenvalue weighted by molar-refractivity contribution is 0.221. The van der Waals surface area contributed by atoms with Gasteiger partial charge < -0.3 is 10.1 Å². The van der Waals surface area contributed by atoms with E-state index in [9.17, 15) is 0 Å². The van der Waals surface area contributed by atoms with Crippen LogP contribution in [0.2, 0.25) is 0 Å². The topological polar surface area (TPSA) is 21.3 Å². The van der Waals surface area contributed by atoms with Crippen LogP contribution >= 0.6 is 0 Å². The fraction of sp³-hybridized carbons (Fsp3) is 0.500. The van der Waals surface area contributed by atoms with Gasteiger partial charge >= 0.3 is 0 Å². The van der Waals surface area contributed by atoms with Crippen LogP contribution in [0.15, 0.2) is 23.5 Å². The Morgan fingerprint density at radius 3 is 3.40 bits per heavy atom. The molecule has 0 atom stereocenters. The largest absolute Gasteiger partial charge is 0.493 e. The highest BCUT2D eigenvalue weighted by molar-refractivity contribution is 5.28. The molecule has 0 fully saturated rings. The average molecular weight is 137 g/mol. The third kappa shape index (κ3) is 0.948. The summed E-state index contributed by atoms with van der Waals surface area (Å²) in [7, 11) is 0. The van der Waals surface area contributed by atoms with Crippen molar-refractivity contribution in [2.45, 2.75) is 6.42 Å². The maximum absolute atomic E-state index is 5.43. The van der Waals surface area contributed by atoms with Gasteiger partial charge in [-0.3, -0.25) is 0 Å². The second-order valence-corrected chi connectivity index (χ2v) is 2.59. The molecular weight excluding hydrogens is 126 g/mol. The first-order valence-electron chi connectivity index (χ1n) is 3.69. The summed E-state index contributed by atoms with van der Waals surface area (Å²) >= 11 is 0. The van der Waals surface area contributed by atoms with Crippen molar-refractivity contribution in [2.75, 3.05) is 19.7 Å². The summed E-state index contributed by atoms with van der Waals surface area (Å²) in [6.45, 7) is 2.80. The van der Waals surface area contributed by atoms with E-state index in [-0.39, 0.29) is 0 Å². The molecule has 2 heteroatoms. The number of ether oxygens (including phenoxy) is 1. The summed E-state index contributed by atoms with van der Waals surface area (Å²) < 4.78 is 5.43. The number of hydrogen-bond acceptors (Lipinski definition) is 2. The molecule has 0 unspecified atom stereocenters. The lowest BCUT2D eigenvalue weighted by atomic mass is 10.1. The van der Waals surface area contributed by atoms with E-state index in [4.69, 9.17) is 4.74 Å². The van der Waals surface area contributed by atoms with Crippen LogP contribution in [0.4, 0.5) is 0 Å². The normalized spacial score (nSPS) is 24.0. The van der Waals surface area contributed by atoms with Crippen LogP contribution in [0.5, 0.6) is 0 Å². The molecule has 0 spiro atoms. The van der Waals surface area contributed by atoms with Crippen LogP contribution < -0.4 is 5.32 Å². The van der Waals surface area contributed by atoms with Gasteiger partial charge in [-0.05, 0) is 6.08 Å². The average Bonchev–Trinajstić information content (AvgIpc) is 2.05. The van der Waals surface area contributed by atoms with E-state index in [2.05, 4.69) is 17.5 Å². The van der Waals surface area contributed by atoms with Gasteiger partial charge in [0.05, 0.1) is 0 Å². The number of hydrogen-bond donors (Lipinski definition) is 1. The molecule has 0 saturated heterocycles. The van der Waals surface area contributed by atoms with Gasteiger partial charge in [0.25, 0.3) is 0 Å². The molecule has 0 aromatic rings. The van der Waals surface area contributed by atoms with Crippen LogP contribution in [-0.2, 0) is 4.74 Å². The summed E-state index contributed by atoms with van der Waals surface area (Å²) in [6.07, 6.45) is 5.27. The molecule has 0 bridgehead atoms. The predicted molar refractivity (Wildman–Crippen MR) is 39.6 cm³/mol. The van der Waals surface area contributed by atoms with E-state index in [1.54, 1.807) is 0 Å². The Balaban J connectivity index is 2.23. The van der Waals surface area contributed by atoms with E-state index in [1.165, 1.54) is 11.3 Å². The van der Waals surface area contributed by atoms with Gasteiger partial charge in [0, 0.05) is 25.1 Å². The van der Waals surface area contributed by atoms with Crippen molar-refractivity contribution in [1.29, 1.82) is 0 Å². The van der Waals surface area contributed by atoms with Crippen molar-refractivity contribution in [1.82, 2.24) is 5.32 Å². The zero-order chi connectivity index (χ0) is 6.81. The molecule has 0 aliphatic carbocycles. The third-order valence-electron chi connectivity index (χ3n) is 1.88. The molecule has 0 saturated carbocycles. The number of nitrogens with one attached hydrogen (secondary N) is 1. The zero-order valence-electron chi connectivity index (χ0n) is 5.89. The van der Waals surface area contributed by atoms with Crippen LogP contribution in [0.1, 0.15) is 6.42 Å². The molecule has 1 N–H and O–H groups in total. The highest BCUT2D eigenvalue weighted by Crippen LogP contribution is 2.18. The van der Waals surface area contributed by atoms with Gasteiger partial charge in [-0.15, -0.1) is 0 Å². The number of rotatable bonds is 0. The molecule has 0 amide bonds. The van der Waals surface area contributed by atoms with E-state index in [0.29, 0.717) is 0 Å². The van der Waals surface area contributed by atoms with Gasteiger partial charge in [0.1, 0.15) is 12.4 Å². The molecule has 0 radical (unpaired) electrons. The van der Waals surface area contributed by atoms with Gasteiger partial charge in [-0.2, -0.15) is 0 Å². The summed E-state index contributed by atoms with van der Waals surface area (Å²) in [6, 6.07) is 0. The maximum atomic E-state index is 5.43. The van der Waals surface area contributed by atoms with E-state index < -0.39 is 0 Å². The Labute approximate surface area is 60.6 Å². The lowest BCUT2D eigenvalue weighted by Gasteiger charge is -2.21. The quantitative estimate of drug-likeness (QED) is 0.533. The second-order valence-electron chi connectivity index (χ2n) is 2.59. The highest BCUT2D eigenvalue weighted by Gasteiger charge is 2.12. The Morgan fingerprint density at radius 1 is 1.50 bits per heavy atom. The second kappa shape index (κ2) is 2.46. The van der Waals surface area contributed by atoms with E-state index in [0.717, 1.165) is 26.1 Å². The molecule has 10 heavy (non-hydrogen) atoms. The minimum atomic E-state index is 0.763. The molecule has 2 aliphatic heterocycles. The Morgan fingerprint density at radius 2 is 2.50 bits per heavy atom. The molecular formula is C8H11NO. The zero-order valence-corrected chi connectivity index (χ0v) is 5.89. The Kier molecular flexibility index (Phi) is 1.47. The van der Waals surface area contributed by atoms with Crippen molar-refractivity contribution in [3.05, 3.63) is 23.5 Å². The minimum Gasteiger partial charge on any atom is -0.493 e. The smallest absolute Gasteiger partial charge is 0.106 e. The van der Waals surface area contributed by atoms with E-state index in [1.807, 2.05) is 0 Å². The van der Waals surface area contributed by atoms with Gasteiger partial charge in [-0.25, -0.2) is 0 Å². The van der Waals surface area contributed by atoms with E-state index >= 15 is 0 Å². The van der Waals surface area contributed by atoms with Crippen LogP contribution in [0.3, 0.4) is 0 Å². The first-order valence-corrected chi connectivity index (χ1v) is 3.69. The lowest BCUT2D eigenvalue weighted by Crippen LogP contribution is -2.26. The van der Waals surface area contributed by atoms with Crippen molar-refractivity contribution >= 4 is 0 Å². The summed E-state index contributed by atoms with van der Waals surface area (Å²) in [5, 5.41) is 3.29. The van der Waals surface area contributed by atoms with Crippen LogP contribution in [0, 0.1) is 0 Å². The summed E-state index contributed by atoms with van der Waals surface area (Å²) in [5.74, 6) is 1.20. The summed E-state index contributed by atoms with van der Waals surface area (Å²) in [4.78, 5) is 0. The maximum Gasteiger partial charge on any atom is 0.106 e. The van der Waals surface area contributed by atoms with Gasteiger partial charge in [0.15, 0.2) is 0 Å². The van der Waals surface area contributed by atoms with Crippen molar-refractivity contribution in [2.24, 2.45) is 0 Å². The SMILES string of the molecule is C1=CC2=C(CCNC2)OC1. The van der Waals surface area contributed by atoms with Gasteiger partial charge in [-0.1, -0.05) is 6.08 Å². The fourth-order valence-electron chi connectivity index (χ4n) is 1.34. The Hall–Kier alpha value is -0.760. The first-order chi connectivity index (χ1) is 4.97. The van der Waals surface area contributed by atoms with Crippen LogP contribution in [0.25, 0.3) is 0 Å². The Bertz CT molecular complexity index is 193. The molecule has 0 aromatic heterocycles. The molecule has 2 aliphatic rings. The molecule has 2 nitrogen and oxygen atoms in total. The van der Waals surface area contributed by atoms with Crippen molar-refractivity contribution in [3.8, 4) is 0 Å². The highest BCUT2D eigenvalue weighted by atomic mass is 16.5. The molecule has 2 heterocycles. The van der Waals surface area contributed by atoms with Gasteiger partial charge in [0.2, 0.25) is 0 Å². The van der Waals surface area contributed by atoms with Crippen molar-refractivity contribution in [3.63, 3.8) is 0 Å². The minimum absolute atomic E-state index is 0.763. The first kappa shape index (κ1) is 5.98. The summed E-state index contributed by atoms with van der Waals surface area (Å²) in [5.41, 5.74) is 1.33.